The summed E-state index contributed by atoms with van der Waals surface area (Å²) in [7, 11) is 1.68. The van der Waals surface area contributed by atoms with Crippen molar-refractivity contribution in [2.75, 3.05) is 7.11 Å². The molecule has 0 saturated carbocycles. The smallest absolute Gasteiger partial charge is 0.0878 e. The van der Waals surface area contributed by atoms with Crippen LogP contribution in [0.25, 0.3) is 0 Å². The molecule has 0 saturated heterocycles. The van der Waals surface area contributed by atoms with Gasteiger partial charge >= 0.3 is 0 Å². The number of nitrogens with zero attached hydrogens (tertiary/aromatic N) is 1. The molecule has 1 aromatic heterocycles. The molecule has 0 bridgehead atoms. The Kier molecular flexibility index (Phi) is 2.65. The van der Waals surface area contributed by atoms with Crippen molar-refractivity contribution in [3.8, 4) is 0 Å². The third kappa shape index (κ3) is 2.05. The van der Waals surface area contributed by atoms with E-state index in [0.29, 0.717) is 12.5 Å². The standard InChI is InChI=1S/C8H14N2O/c1-6(2)8-4-7(5-11-3)9-10-8/h4,6H,5H2,1-3H3,(H,9,10). The van der Waals surface area contributed by atoms with Crippen LogP contribution in [0.2, 0.25) is 0 Å². The Morgan fingerprint density at radius 1 is 1.64 bits per heavy atom. The van der Waals surface area contributed by atoms with Crippen molar-refractivity contribution in [3.05, 3.63) is 17.5 Å². The molecule has 0 spiro atoms. The van der Waals surface area contributed by atoms with Crippen molar-refractivity contribution >= 4 is 0 Å². The normalized spacial score (nSPS) is 10.9. The van der Waals surface area contributed by atoms with Crippen LogP contribution < -0.4 is 0 Å². The molecule has 0 aromatic carbocycles. The van der Waals surface area contributed by atoms with Crippen LogP contribution in [0, 0.1) is 0 Å². The summed E-state index contributed by atoms with van der Waals surface area (Å²) < 4.78 is 4.95. The van der Waals surface area contributed by atoms with E-state index in [4.69, 9.17) is 4.74 Å². The molecule has 0 radical (unpaired) electrons. The SMILES string of the molecule is COCc1cc(C(C)C)n[nH]1. The molecule has 0 aliphatic rings. The minimum absolute atomic E-state index is 0.483. The average Bonchev–Trinajstić information content (AvgIpc) is 2.37. The second kappa shape index (κ2) is 3.53. The lowest BCUT2D eigenvalue weighted by Gasteiger charge is -1.95. The highest BCUT2D eigenvalue weighted by molar-refractivity contribution is 5.10. The lowest BCUT2D eigenvalue weighted by atomic mass is 10.1. The van der Waals surface area contributed by atoms with E-state index in [0.717, 1.165) is 11.4 Å². The van der Waals surface area contributed by atoms with Crippen LogP contribution in [0.15, 0.2) is 6.07 Å². The molecule has 3 nitrogen and oxygen atoms in total. The average molecular weight is 154 g/mol. The fraction of sp³-hybridized carbons (Fsp3) is 0.625. The van der Waals surface area contributed by atoms with Crippen LogP contribution >= 0.6 is 0 Å². The number of H-pyrrole nitrogens is 1. The van der Waals surface area contributed by atoms with Gasteiger partial charge in [-0.3, -0.25) is 5.10 Å². The van der Waals surface area contributed by atoms with Gasteiger partial charge in [-0.15, -0.1) is 0 Å². The van der Waals surface area contributed by atoms with Gasteiger partial charge in [-0.25, -0.2) is 0 Å². The zero-order chi connectivity index (χ0) is 8.27. The van der Waals surface area contributed by atoms with E-state index >= 15 is 0 Å². The molecule has 11 heavy (non-hydrogen) atoms. The van der Waals surface area contributed by atoms with Gasteiger partial charge < -0.3 is 4.74 Å². The largest absolute Gasteiger partial charge is 0.378 e. The highest BCUT2D eigenvalue weighted by Gasteiger charge is 2.03. The number of methoxy groups -OCH3 is 1. The quantitative estimate of drug-likeness (QED) is 0.719. The van der Waals surface area contributed by atoms with E-state index < -0.39 is 0 Å². The highest BCUT2D eigenvalue weighted by atomic mass is 16.5. The molecule has 3 heteroatoms. The number of hydrogen-bond acceptors (Lipinski definition) is 2. The van der Waals surface area contributed by atoms with Gasteiger partial charge in [0.15, 0.2) is 0 Å². The van der Waals surface area contributed by atoms with Crippen LogP contribution in [0.1, 0.15) is 31.2 Å². The Hall–Kier alpha value is -0.830. The van der Waals surface area contributed by atoms with E-state index in [2.05, 4.69) is 24.0 Å². The van der Waals surface area contributed by atoms with E-state index in [-0.39, 0.29) is 0 Å². The second-order valence-electron chi connectivity index (χ2n) is 2.91. The minimum Gasteiger partial charge on any atom is -0.378 e. The number of rotatable bonds is 3. The zero-order valence-electron chi connectivity index (χ0n) is 7.22. The molecule has 0 aliphatic heterocycles. The van der Waals surface area contributed by atoms with Crippen LogP contribution in [0.3, 0.4) is 0 Å². The van der Waals surface area contributed by atoms with E-state index in [1.165, 1.54) is 0 Å². The molecular formula is C8H14N2O. The number of hydrogen-bond donors (Lipinski definition) is 1. The van der Waals surface area contributed by atoms with E-state index in [1.54, 1.807) is 7.11 Å². The molecule has 0 aliphatic carbocycles. The summed E-state index contributed by atoms with van der Waals surface area (Å²) in [5, 5.41) is 7.04. The first-order valence-electron chi connectivity index (χ1n) is 3.77. The fourth-order valence-electron chi connectivity index (χ4n) is 0.905. The summed E-state index contributed by atoms with van der Waals surface area (Å²) >= 11 is 0. The van der Waals surface area contributed by atoms with Gasteiger partial charge in [0, 0.05) is 7.11 Å². The Balaban J connectivity index is 2.66. The van der Waals surface area contributed by atoms with Gasteiger partial charge in [-0.2, -0.15) is 5.10 Å². The molecule has 1 N–H and O–H groups in total. The predicted molar refractivity (Wildman–Crippen MR) is 43.4 cm³/mol. The summed E-state index contributed by atoms with van der Waals surface area (Å²) in [5.74, 6) is 0.483. The van der Waals surface area contributed by atoms with E-state index in [1.807, 2.05) is 6.07 Å². The number of ether oxygens (including phenoxy) is 1. The topological polar surface area (TPSA) is 37.9 Å². The number of aromatic nitrogens is 2. The first-order chi connectivity index (χ1) is 5.24. The van der Waals surface area contributed by atoms with Gasteiger partial charge in [0.1, 0.15) is 0 Å². The highest BCUT2D eigenvalue weighted by Crippen LogP contribution is 2.11. The lowest BCUT2D eigenvalue weighted by molar-refractivity contribution is 0.181. The van der Waals surface area contributed by atoms with Crippen LogP contribution in [-0.4, -0.2) is 17.3 Å². The summed E-state index contributed by atoms with van der Waals surface area (Å²) in [6, 6.07) is 2.04. The Morgan fingerprint density at radius 3 is 2.82 bits per heavy atom. The third-order valence-corrected chi connectivity index (χ3v) is 1.54. The van der Waals surface area contributed by atoms with Crippen molar-refractivity contribution in [1.82, 2.24) is 10.2 Å². The summed E-state index contributed by atoms with van der Waals surface area (Å²) in [6.07, 6.45) is 0. The number of nitrogens with one attached hydrogen (secondary N) is 1. The van der Waals surface area contributed by atoms with Crippen LogP contribution in [-0.2, 0) is 11.3 Å². The molecule has 1 aromatic rings. The maximum atomic E-state index is 4.95. The maximum absolute atomic E-state index is 4.95. The fourth-order valence-corrected chi connectivity index (χ4v) is 0.905. The van der Waals surface area contributed by atoms with Crippen molar-refractivity contribution in [1.29, 1.82) is 0 Å². The summed E-state index contributed by atoms with van der Waals surface area (Å²) in [4.78, 5) is 0. The van der Waals surface area contributed by atoms with Crippen molar-refractivity contribution in [2.45, 2.75) is 26.4 Å². The first-order valence-corrected chi connectivity index (χ1v) is 3.77. The van der Waals surface area contributed by atoms with Gasteiger partial charge in [0.05, 0.1) is 18.0 Å². The third-order valence-electron chi connectivity index (χ3n) is 1.54. The molecular weight excluding hydrogens is 140 g/mol. The van der Waals surface area contributed by atoms with Gasteiger partial charge in [-0.1, -0.05) is 13.8 Å². The lowest BCUT2D eigenvalue weighted by Crippen LogP contribution is -1.85. The minimum atomic E-state index is 0.483. The molecule has 0 atom stereocenters. The van der Waals surface area contributed by atoms with Crippen LogP contribution in [0.5, 0.6) is 0 Å². The van der Waals surface area contributed by atoms with E-state index in [9.17, 15) is 0 Å². The first kappa shape index (κ1) is 8.27. The zero-order valence-corrected chi connectivity index (χ0v) is 7.22. The predicted octanol–water partition coefficient (Wildman–Crippen LogP) is 1.68. The summed E-state index contributed by atoms with van der Waals surface area (Å²) in [6.45, 7) is 4.85. The molecule has 0 amide bonds. The maximum Gasteiger partial charge on any atom is 0.0878 e. The molecule has 0 fully saturated rings. The second-order valence-corrected chi connectivity index (χ2v) is 2.91. The summed E-state index contributed by atoms with van der Waals surface area (Å²) in [5.41, 5.74) is 2.13. The molecule has 62 valence electrons. The number of aromatic amines is 1. The molecule has 1 heterocycles. The van der Waals surface area contributed by atoms with Gasteiger partial charge in [0.2, 0.25) is 0 Å². The molecule has 1 rings (SSSR count). The van der Waals surface area contributed by atoms with Gasteiger partial charge in [-0.05, 0) is 12.0 Å². The van der Waals surface area contributed by atoms with Crippen molar-refractivity contribution < 1.29 is 4.74 Å². The monoisotopic (exact) mass is 154 g/mol. The Labute approximate surface area is 66.8 Å². The van der Waals surface area contributed by atoms with Crippen LogP contribution in [0.4, 0.5) is 0 Å². The van der Waals surface area contributed by atoms with Crippen molar-refractivity contribution in [3.63, 3.8) is 0 Å². The van der Waals surface area contributed by atoms with Gasteiger partial charge in [0.25, 0.3) is 0 Å². The Bertz CT molecular complexity index is 218. The molecule has 0 unspecified atom stereocenters. The van der Waals surface area contributed by atoms with Crippen molar-refractivity contribution in [2.24, 2.45) is 0 Å². The Morgan fingerprint density at radius 2 is 2.36 bits per heavy atom.